The number of rotatable bonds is 10. The van der Waals surface area contributed by atoms with E-state index in [1.807, 2.05) is 13.8 Å². The average molecular weight is 523 g/mol. The number of carboxylic acids is 2. The zero-order chi connectivity index (χ0) is 27.6. The van der Waals surface area contributed by atoms with Crippen LogP contribution in [0.1, 0.15) is 34.6 Å². The van der Waals surface area contributed by atoms with E-state index in [0.29, 0.717) is 35.6 Å². The van der Waals surface area contributed by atoms with Gasteiger partial charge in [-0.25, -0.2) is 9.59 Å². The van der Waals surface area contributed by atoms with Crippen molar-refractivity contribution in [2.75, 3.05) is 13.2 Å². The fourth-order valence-corrected chi connectivity index (χ4v) is 4.18. The number of aliphatic hydroxyl groups is 1. The lowest BCUT2D eigenvalue weighted by molar-refractivity contribution is 0.0627. The summed E-state index contributed by atoms with van der Waals surface area (Å²) in [5.74, 6) is -1.82. The highest BCUT2D eigenvalue weighted by atomic mass is 16.5. The van der Waals surface area contributed by atoms with Crippen molar-refractivity contribution in [3.63, 3.8) is 0 Å². The number of hydrogen-bond acceptors (Lipinski definition) is 7. The number of aromatic carboxylic acids is 2. The smallest absolute Gasteiger partial charge is 0.341 e. The van der Waals surface area contributed by atoms with Crippen molar-refractivity contribution in [1.82, 2.24) is 9.13 Å². The minimum absolute atomic E-state index is 0.121. The molecule has 0 unspecified atom stereocenters. The van der Waals surface area contributed by atoms with Crippen LogP contribution < -0.4 is 20.3 Å². The molecule has 11 nitrogen and oxygen atoms in total. The van der Waals surface area contributed by atoms with E-state index in [0.717, 1.165) is 0 Å². The van der Waals surface area contributed by atoms with Crippen LogP contribution >= 0.6 is 0 Å². The summed E-state index contributed by atoms with van der Waals surface area (Å²) < 4.78 is 14.6. The van der Waals surface area contributed by atoms with Crippen molar-refractivity contribution >= 4 is 33.7 Å². The Kier molecular flexibility index (Phi) is 7.49. The largest absolute Gasteiger partial charge is 0.491 e. The van der Waals surface area contributed by atoms with E-state index >= 15 is 0 Å². The number of ether oxygens (including phenoxy) is 2. The zero-order valence-electron chi connectivity index (χ0n) is 20.7. The lowest BCUT2D eigenvalue weighted by Gasteiger charge is -2.16. The Balaban J connectivity index is 1.47. The number of nitrogens with zero attached hydrogens (tertiary/aromatic N) is 2. The molecular weight excluding hydrogens is 496 g/mol. The first-order valence-electron chi connectivity index (χ1n) is 11.9. The van der Waals surface area contributed by atoms with Gasteiger partial charge < -0.3 is 33.9 Å². The van der Waals surface area contributed by atoms with E-state index in [1.54, 1.807) is 21.3 Å². The molecule has 0 saturated heterocycles. The first-order chi connectivity index (χ1) is 18.1. The van der Waals surface area contributed by atoms with Crippen LogP contribution in [0.2, 0.25) is 0 Å². The highest BCUT2D eigenvalue weighted by Gasteiger charge is 2.17. The van der Waals surface area contributed by atoms with Crippen LogP contribution in [0, 0.1) is 0 Å². The van der Waals surface area contributed by atoms with Crippen molar-refractivity contribution in [1.29, 1.82) is 0 Å². The molecule has 2 heterocycles. The van der Waals surface area contributed by atoms with Gasteiger partial charge >= 0.3 is 11.9 Å². The summed E-state index contributed by atoms with van der Waals surface area (Å²) in [6.45, 7) is 4.27. The fourth-order valence-electron chi connectivity index (χ4n) is 4.18. The Morgan fingerprint density at radius 2 is 1.16 bits per heavy atom. The molecule has 0 aliphatic carbocycles. The Morgan fingerprint density at radius 3 is 1.50 bits per heavy atom. The lowest BCUT2D eigenvalue weighted by atomic mass is 10.1. The van der Waals surface area contributed by atoms with Crippen LogP contribution in [0.4, 0.5) is 0 Å². The van der Waals surface area contributed by atoms with Gasteiger partial charge in [-0.2, -0.15) is 0 Å². The molecule has 0 fully saturated rings. The number of carbonyl (C=O) groups is 2. The number of aromatic nitrogens is 2. The molecule has 0 atom stereocenters. The Bertz CT molecular complexity index is 1550. The average Bonchev–Trinajstić information content (AvgIpc) is 2.90. The number of aryl methyl sites for hydroxylation is 2. The van der Waals surface area contributed by atoms with Crippen molar-refractivity contribution < 1.29 is 34.4 Å². The predicted octanol–water partition coefficient (Wildman–Crippen LogP) is 2.57. The number of carboxylic acid groups (broad SMARTS) is 2. The molecular formula is C27H26N2O9. The number of pyridine rings is 2. The van der Waals surface area contributed by atoms with Crippen molar-refractivity contribution in [3.8, 4) is 11.5 Å². The van der Waals surface area contributed by atoms with Gasteiger partial charge in [-0.3, -0.25) is 9.59 Å². The van der Waals surface area contributed by atoms with Gasteiger partial charge in [-0.05, 0) is 38.1 Å². The second-order valence-electron chi connectivity index (χ2n) is 8.56. The normalized spacial score (nSPS) is 11.3. The number of fused-ring (bicyclic) bond motifs is 2. The van der Waals surface area contributed by atoms with Crippen LogP contribution in [-0.4, -0.2) is 55.7 Å². The van der Waals surface area contributed by atoms with Crippen LogP contribution in [-0.2, 0) is 13.1 Å². The molecule has 4 aromatic rings. The quantitative estimate of drug-likeness (QED) is 0.285. The minimum atomic E-state index is -1.29. The SMILES string of the molecule is CCn1cc(C(=O)O)c(=O)c2ccc(OCC(O)COc3ccc4c(=O)c(C(=O)O)cn(CC)c4c3)cc21. The Labute approximate surface area is 215 Å². The second-order valence-corrected chi connectivity index (χ2v) is 8.56. The summed E-state index contributed by atoms with van der Waals surface area (Å²) in [5.41, 5.74) is -0.773. The van der Waals surface area contributed by atoms with Gasteiger partial charge in [0.25, 0.3) is 0 Å². The minimum Gasteiger partial charge on any atom is -0.491 e. The summed E-state index contributed by atoms with van der Waals surface area (Å²) in [7, 11) is 0. The Morgan fingerprint density at radius 1 is 0.763 bits per heavy atom. The summed E-state index contributed by atoms with van der Waals surface area (Å²) in [5, 5.41) is 29.5. The third kappa shape index (κ3) is 5.09. The van der Waals surface area contributed by atoms with Gasteiger partial charge in [0, 0.05) is 48.4 Å². The summed E-state index contributed by atoms with van der Waals surface area (Å²) in [4.78, 5) is 47.7. The molecule has 0 bridgehead atoms. The molecule has 2 aromatic carbocycles. The van der Waals surface area contributed by atoms with E-state index in [4.69, 9.17) is 9.47 Å². The molecule has 4 rings (SSSR count). The van der Waals surface area contributed by atoms with Gasteiger partial charge in [0.2, 0.25) is 10.9 Å². The molecule has 11 heteroatoms. The van der Waals surface area contributed by atoms with E-state index < -0.39 is 28.9 Å². The maximum Gasteiger partial charge on any atom is 0.341 e. The van der Waals surface area contributed by atoms with E-state index in [-0.39, 0.29) is 35.1 Å². The molecule has 0 aliphatic rings. The van der Waals surface area contributed by atoms with E-state index in [1.165, 1.54) is 36.7 Å². The van der Waals surface area contributed by atoms with E-state index in [2.05, 4.69) is 0 Å². The first-order valence-corrected chi connectivity index (χ1v) is 11.9. The van der Waals surface area contributed by atoms with Crippen molar-refractivity contribution in [3.05, 3.63) is 80.4 Å². The fraction of sp³-hybridized carbons (Fsp3) is 0.259. The van der Waals surface area contributed by atoms with Gasteiger partial charge in [-0.15, -0.1) is 0 Å². The molecule has 0 radical (unpaired) electrons. The zero-order valence-corrected chi connectivity index (χ0v) is 20.7. The van der Waals surface area contributed by atoms with Crippen LogP contribution in [0.15, 0.2) is 58.4 Å². The summed E-state index contributed by atoms with van der Waals surface area (Å²) >= 11 is 0. The predicted molar refractivity (Wildman–Crippen MR) is 139 cm³/mol. The maximum atomic E-state index is 12.5. The van der Waals surface area contributed by atoms with Crippen LogP contribution in [0.5, 0.6) is 11.5 Å². The standard InChI is InChI=1S/C27H26N2O9/c1-3-28-11-20(26(33)34)24(31)18-7-5-16(9-22(18)28)37-13-15(30)14-38-17-6-8-19-23(10-17)29(4-2)12-21(25(19)32)27(35)36/h5-12,15,30H,3-4,13-14H2,1-2H3,(H,33,34)(H,35,36). The number of aliphatic hydroxyl groups excluding tert-OH is 1. The van der Waals surface area contributed by atoms with Crippen molar-refractivity contribution in [2.24, 2.45) is 0 Å². The third-order valence-corrected chi connectivity index (χ3v) is 6.13. The maximum absolute atomic E-state index is 12.5. The van der Waals surface area contributed by atoms with Crippen molar-refractivity contribution in [2.45, 2.75) is 33.0 Å². The van der Waals surface area contributed by atoms with Gasteiger partial charge in [0.05, 0.1) is 11.0 Å². The van der Waals surface area contributed by atoms with Crippen LogP contribution in [0.25, 0.3) is 21.8 Å². The highest BCUT2D eigenvalue weighted by molar-refractivity contribution is 5.93. The Hall–Kier alpha value is -4.64. The van der Waals surface area contributed by atoms with Gasteiger partial charge in [-0.1, -0.05) is 0 Å². The van der Waals surface area contributed by atoms with Gasteiger partial charge in [0.1, 0.15) is 41.9 Å². The molecule has 198 valence electrons. The molecule has 0 aliphatic heterocycles. The number of benzene rings is 2. The lowest BCUT2D eigenvalue weighted by Crippen LogP contribution is -2.25. The third-order valence-electron chi connectivity index (χ3n) is 6.13. The summed E-state index contributed by atoms with van der Waals surface area (Å²) in [6, 6.07) is 9.26. The molecule has 38 heavy (non-hydrogen) atoms. The molecule has 0 amide bonds. The highest BCUT2D eigenvalue weighted by Crippen LogP contribution is 2.22. The topological polar surface area (TPSA) is 157 Å². The monoisotopic (exact) mass is 522 g/mol. The molecule has 3 N–H and O–H groups in total. The molecule has 2 aromatic heterocycles. The second kappa shape index (κ2) is 10.8. The molecule has 0 saturated carbocycles. The number of hydrogen-bond donors (Lipinski definition) is 3. The first kappa shape index (κ1) is 26.4. The molecule has 0 spiro atoms. The van der Waals surface area contributed by atoms with Gasteiger partial charge in [0.15, 0.2) is 0 Å². The van der Waals surface area contributed by atoms with Crippen LogP contribution in [0.3, 0.4) is 0 Å². The van der Waals surface area contributed by atoms with E-state index in [9.17, 15) is 34.5 Å². The summed E-state index contributed by atoms with van der Waals surface area (Å²) in [6.07, 6.45) is 1.57.